The standard InChI is InChI=1S/C19H19N5O2.C10H12N2O.C9H8ClN3O/c1-10-8-11-2-3-13(9-15(11)22-18(10)25)21-19-23-14-6-7-26-16(14)17(24-19)20-12-4-5-12;1-6-4-7-2-3-8(11)5-9(7)12-10(6)13;10-9-12-6-3-4-14-7(6)8(13-9)11-5-1-2-5/h2-3,6-7,9-10,12H,4-5,8H2,1H3,(H,22,25)(H2,20,21,23,24);2-3,5-6H,4,11H2,1H3,(H,12,13);3-5H,1-2H2,(H,11,12,13). The van der Waals surface area contributed by atoms with Crippen LogP contribution in [0, 0.1) is 11.8 Å². The van der Waals surface area contributed by atoms with Gasteiger partial charge in [0.2, 0.25) is 23.0 Å². The van der Waals surface area contributed by atoms with E-state index in [0.29, 0.717) is 46.5 Å². The van der Waals surface area contributed by atoms with Crippen LogP contribution < -0.4 is 32.3 Å². The number of carbonyl (C=O) groups excluding carboxylic acids is 2. The maximum Gasteiger partial charge on any atom is 0.229 e. The molecule has 0 spiro atoms. The molecule has 2 unspecified atom stereocenters. The van der Waals surface area contributed by atoms with Crippen LogP contribution >= 0.6 is 11.6 Å². The molecule has 2 aromatic carbocycles. The zero-order valence-corrected chi connectivity index (χ0v) is 30.0. The summed E-state index contributed by atoms with van der Waals surface area (Å²) >= 11 is 5.78. The van der Waals surface area contributed by atoms with Gasteiger partial charge in [-0.2, -0.15) is 9.97 Å². The van der Waals surface area contributed by atoms with Crippen molar-refractivity contribution in [1.29, 1.82) is 0 Å². The van der Waals surface area contributed by atoms with E-state index in [2.05, 4.69) is 46.5 Å². The van der Waals surface area contributed by atoms with E-state index in [4.69, 9.17) is 26.2 Å². The Balaban J connectivity index is 0.000000125. The second-order valence-electron chi connectivity index (χ2n) is 13.9. The number of aromatic nitrogens is 4. The fraction of sp³-hybridized carbons (Fsp3) is 0.316. The van der Waals surface area contributed by atoms with Crippen LogP contribution in [-0.4, -0.2) is 43.8 Å². The minimum atomic E-state index is 0.00389. The summed E-state index contributed by atoms with van der Waals surface area (Å²) in [5.41, 5.74) is 14.0. The number of furan rings is 2. The average molecular weight is 735 g/mol. The highest BCUT2D eigenvalue weighted by molar-refractivity contribution is 6.28. The predicted octanol–water partition coefficient (Wildman–Crippen LogP) is 7.52. The van der Waals surface area contributed by atoms with Gasteiger partial charge in [-0.3, -0.25) is 9.59 Å². The van der Waals surface area contributed by atoms with E-state index in [1.807, 2.05) is 50.2 Å². The van der Waals surface area contributed by atoms with Crippen molar-refractivity contribution in [2.45, 2.75) is 64.5 Å². The molecular formula is C38H39ClN10O4. The molecule has 15 heteroatoms. The van der Waals surface area contributed by atoms with Gasteiger partial charge in [0, 0.05) is 58.8 Å². The molecule has 2 amide bonds. The van der Waals surface area contributed by atoms with Crippen LogP contribution in [0.3, 0.4) is 0 Å². The number of nitrogens with zero attached hydrogens (tertiary/aromatic N) is 4. The van der Waals surface area contributed by atoms with Crippen molar-refractivity contribution >= 4 is 85.9 Å². The molecule has 2 fully saturated rings. The number of rotatable bonds is 6. The molecule has 6 heterocycles. The van der Waals surface area contributed by atoms with Crippen molar-refractivity contribution in [1.82, 2.24) is 19.9 Å². The smallest absolute Gasteiger partial charge is 0.229 e. The van der Waals surface area contributed by atoms with Crippen LogP contribution in [0.4, 0.5) is 40.3 Å². The lowest BCUT2D eigenvalue weighted by Gasteiger charge is -2.22. The first kappa shape index (κ1) is 34.2. The average Bonchev–Trinajstić information content (AvgIpc) is 4.03. The highest BCUT2D eigenvalue weighted by Crippen LogP contribution is 2.33. The number of halogens is 1. The van der Waals surface area contributed by atoms with E-state index in [1.54, 1.807) is 24.7 Å². The van der Waals surface area contributed by atoms with Gasteiger partial charge in [-0.1, -0.05) is 26.0 Å². The summed E-state index contributed by atoms with van der Waals surface area (Å²) in [7, 11) is 0. The summed E-state index contributed by atoms with van der Waals surface area (Å²) < 4.78 is 10.8. The van der Waals surface area contributed by atoms with Gasteiger partial charge in [-0.25, -0.2) is 9.97 Å². The van der Waals surface area contributed by atoms with Gasteiger partial charge in [0.05, 0.1) is 12.5 Å². The maximum atomic E-state index is 11.9. The molecule has 0 saturated heterocycles. The van der Waals surface area contributed by atoms with Crippen LogP contribution in [-0.2, 0) is 22.4 Å². The lowest BCUT2D eigenvalue weighted by molar-refractivity contribution is -0.120. The Morgan fingerprint density at radius 1 is 0.717 bits per heavy atom. The van der Waals surface area contributed by atoms with Gasteiger partial charge in [0.15, 0.2) is 22.8 Å². The molecule has 6 aromatic rings. The number of fused-ring (bicyclic) bond motifs is 4. The second-order valence-corrected chi connectivity index (χ2v) is 14.3. The van der Waals surface area contributed by atoms with Gasteiger partial charge in [-0.15, -0.1) is 0 Å². The molecule has 272 valence electrons. The fourth-order valence-electron chi connectivity index (χ4n) is 6.12. The van der Waals surface area contributed by atoms with Crippen LogP contribution in [0.25, 0.3) is 22.2 Å². The van der Waals surface area contributed by atoms with E-state index in [0.717, 1.165) is 59.3 Å². The van der Waals surface area contributed by atoms with E-state index >= 15 is 0 Å². The van der Waals surface area contributed by atoms with Crippen molar-refractivity contribution in [2.24, 2.45) is 11.8 Å². The topological polar surface area (TPSA) is 198 Å². The van der Waals surface area contributed by atoms with Crippen molar-refractivity contribution < 1.29 is 18.4 Å². The molecule has 2 aliphatic carbocycles. The minimum absolute atomic E-state index is 0.00389. The molecule has 0 radical (unpaired) electrons. The first-order valence-electron chi connectivity index (χ1n) is 17.7. The third kappa shape index (κ3) is 7.97. The Kier molecular flexibility index (Phi) is 9.21. The van der Waals surface area contributed by atoms with Crippen LogP contribution in [0.2, 0.25) is 5.28 Å². The molecule has 53 heavy (non-hydrogen) atoms. The summed E-state index contributed by atoms with van der Waals surface area (Å²) in [6, 6.07) is 16.2. The molecule has 0 bridgehead atoms. The summed E-state index contributed by atoms with van der Waals surface area (Å²) in [6.45, 7) is 3.86. The third-order valence-corrected chi connectivity index (χ3v) is 9.55. The van der Waals surface area contributed by atoms with Crippen LogP contribution in [0.15, 0.2) is 69.9 Å². The number of anilines is 7. The first-order chi connectivity index (χ1) is 25.6. The SMILES string of the molecule is CC1Cc2ccc(N)cc2NC1=O.CC1Cc2ccc(Nc3nc(NC4CC4)c4occc4n3)cc2NC1=O.Clc1nc(NC2CC2)c2occc2n1. The van der Waals surface area contributed by atoms with E-state index in [-0.39, 0.29) is 28.9 Å². The number of nitrogens with two attached hydrogens (primary N) is 1. The van der Waals surface area contributed by atoms with E-state index in [9.17, 15) is 9.59 Å². The number of amides is 2. The zero-order valence-electron chi connectivity index (χ0n) is 29.2. The molecule has 7 N–H and O–H groups in total. The Hall–Kier alpha value is -5.89. The highest BCUT2D eigenvalue weighted by Gasteiger charge is 2.26. The number of nitrogens with one attached hydrogen (secondary N) is 5. The number of carbonyl (C=O) groups is 2. The number of nitrogen functional groups attached to an aromatic ring is 1. The largest absolute Gasteiger partial charge is 0.459 e. The Bertz CT molecular complexity index is 2330. The lowest BCUT2D eigenvalue weighted by Crippen LogP contribution is -2.27. The number of benzene rings is 2. The second kappa shape index (κ2) is 14.3. The summed E-state index contributed by atoms with van der Waals surface area (Å²) in [5.74, 6) is 2.12. The molecular weight excluding hydrogens is 696 g/mol. The Morgan fingerprint density at radius 3 is 1.87 bits per heavy atom. The first-order valence-corrected chi connectivity index (χ1v) is 18.1. The molecule has 10 rings (SSSR count). The summed E-state index contributed by atoms with van der Waals surface area (Å²) in [4.78, 5) is 40.5. The zero-order chi connectivity index (χ0) is 36.6. The predicted molar refractivity (Wildman–Crippen MR) is 205 cm³/mol. The van der Waals surface area contributed by atoms with Gasteiger partial charge >= 0.3 is 0 Å². The number of hydrogen-bond acceptors (Lipinski definition) is 12. The maximum absolute atomic E-state index is 11.9. The van der Waals surface area contributed by atoms with E-state index in [1.165, 1.54) is 18.4 Å². The van der Waals surface area contributed by atoms with Gasteiger partial charge < -0.3 is 41.2 Å². The monoisotopic (exact) mass is 734 g/mol. The normalized spacial score (nSPS) is 18.7. The van der Waals surface area contributed by atoms with Crippen LogP contribution in [0.5, 0.6) is 0 Å². The van der Waals surface area contributed by atoms with E-state index < -0.39 is 0 Å². The van der Waals surface area contributed by atoms with Gasteiger partial charge in [0.1, 0.15) is 11.0 Å². The summed E-state index contributed by atoms with van der Waals surface area (Å²) in [6.07, 6.45) is 9.45. The molecule has 4 aliphatic rings. The quantitative estimate of drug-likeness (QED) is 0.0728. The Labute approximate surface area is 309 Å². The van der Waals surface area contributed by atoms with Crippen LogP contribution in [0.1, 0.15) is 50.7 Å². The van der Waals surface area contributed by atoms with Gasteiger partial charge in [0.25, 0.3) is 0 Å². The van der Waals surface area contributed by atoms with Crippen molar-refractivity contribution in [3.8, 4) is 0 Å². The lowest BCUT2D eigenvalue weighted by atomic mass is 9.94. The number of hydrogen-bond donors (Lipinski definition) is 6. The fourth-order valence-corrected chi connectivity index (χ4v) is 6.29. The van der Waals surface area contributed by atoms with Crippen molar-refractivity contribution in [2.75, 3.05) is 32.3 Å². The molecule has 4 aromatic heterocycles. The van der Waals surface area contributed by atoms with Gasteiger partial charge in [-0.05, 0) is 85.5 Å². The van der Waals surface area contributed by atoms with Crippen molar-refractivity contribution in [3.63, 3.8) is 0 Å². The highest BCUT2D eigenvalue weighted by atomic mass is 35.5. The molecule has 2 aliphatic heterocycles. The molecule has 14 nitrogen and oxygen atoms in total. The summed E-state index contributed by atoms with van der Waals surface area (Å²) in [5, 5.41) is 15.9. The third-order valence-electron chi connectivity index (χ3n) is 9.38. The molecule has 2 saturated carbocycles. The molecule has 2 atom stereocenters. The Morgan fingerprint density at radius 2 is 1.26 bits per heavy atom. The minimum Gasteiger partial charge on any atom is -0.459 e. The van der Waals surface area contributed by atoms with Crippen molar-refractivity contribution in [3.05, 3.63) is 77.5 Å².